The number of allylic oxidation sites excluding steroid dienone is 2. The third kappa shape index (κ3) is 3.92. The molecule has 2 aliphatic rings. The van der Waals surface area contributed by atoms with Gasteiger partial charge in [-0.3, -0.25) is 4.79 Å². The first-order valence-corrected chi connectivity index (χ1v) is 11.8. The summed E-state index contributed by atoms with van der Waals surface area (Å²) < 4.78 is 28.4. The van der Waals surface area contributed by atoms with Gasteiger partial charge in [0, 0.05) is 24.9 Å². The highest BCUT2D eigenvalue weighted by atomic mass is 32.2. The summed E-state index contributed by atoms with van der Waals surface area (Å²) in [4.78, 5) is 12.4. The van der Waals surface area contributed by atoms with Gasteiger partial charge in [-0.25, -0.2) is 8.42 Å². The summed E-state index contributed by atoms with van der Waals surface area (Å²) in [5.41, 5.74) is 3.79. The van der Waals surface area contributed by atoms with Crippen molar-refractivity contribution < 1.29 is 13.2 Å². The van der Waals surface area contributed by atoms with Gasteiger partial charge in [-0.1, -0.05) is 60.2 Å². The van der Waals surface area contributed by atoms with Crippen molar-refractivity contribution in [2.45, 2.75) is 37.5 Å². The Bertz CT molecular complexity index is 1100. The maximum absolute atomic E-state index is 13.4. The molecule has 30 heavy (non-hydrogen) atoms. The molecule has 0 radical (unpaired) electrons. The molecular formula is C25H27NO3S. The van der Waals surface area contributed by atoms with E-state index in [0.29, 0.717) is 37.2 Å². The monoisotopic (exact) mass is 421 g/mol. The first-order chi connectivity index (χ1) is 14.3. The number of benzene rings is 2. The topological polar surface area (TPSA) is 54.5 Å². The van der Waals surface area contributed by atoms with Crippen LogP contribution in [0.2, 0.25) is 0 Å². The van der Waals surface area contributed by atoms with E-state index < -0.39 is 10.0 Å². The van der Waals surface area contributed by atoms with E-state index in [2.05, 4.69) is 18.7 Å². The molecule has 1 atom stereocenters. The first kappa shape index (κ1) is 20.8. The first-order valence-electron chi connectivity index (χ1n) is 10.3. The smallest absolute Gasteiger partial charge is 0.243 e. The SMILES string of the molecule is C=C(C)c1ccc(S(=O)(=O)N2CCC3=CC(=O)CCC3(Cc3ccccc3)C2)cc1. The second kappa shape index (κ2) is 7.97. The van der Waals surface area contributed by atoms with Crippen LogP contribution < -0.4 is 0 Å². The molecule has 4 nitrogen and oxygen atoms in total. The van der Waals surface area contributed by atoms with Crippen molar-refractivity contribution in [2.24, 2.45) is 5.41 Å². The summed E-state index contributed by atoms with van der Waals surface area (Å²) >= 11 is 0. The van der Waals surface area contributed by atoms with E-state index in [9.17, 15) is 13.2 Å². The number of carbonyl (C=O) groups is 1. The Morgan fingerprint density at radius 2 is 1.77 bits per heavy atom. The van der Waals surface area contributed by atoms with Crippen molar-refractivity contribution >= 4 is 21.4 Å². The number of piperidine rings is 1. The number of carbonyl (C=O) groups excluding carboxylic acids is 1. The van der Waals surface area contributed by atoms with Crippen LogP contribution in [0.4, 0.5) is 0 Å². The van der Waals surface area contributed by atoms with Crippen molar-refractivity contribution in [1.29, 1.82) is 0 Å². The number of fused-ring (bicyclic) bond motifs is 1. The Hall–Kier alpha value is -2.50. The van der Waals surface area contributed by atoms with Crippen molar-refractivity contribution in [3.05, 3.63) is 84.0 Å². The molecule has 2 aromatic carbocycles. The maximum Gasteiger partial charge on any atom is 0.243 e. The van der Waals surface area contributed by atoms with E-state index >= 15 is 0 Å². The highest BCUT2D eigenvalue weighted by molar-refractivity contribution is 7.89. The minimum absolute atomic E-state index is 0.153. The largest absolute Gasteiger partial charge is 0.295 e. The molecule has 1 aliphatic heterocycles. The molecular weight excluding hydrogens is 394 g/mol. The zero-order valence-corrected chi connectivity index (χ0v) is 18.1. The van der Waals surface area contributed by atoms with Gasteiger partial charge in [-0.05, 0) is 55.5 Å². The second-order valence-corrected chi connectivity index (χ2v) is 10.4. The fraction of sp³-hybridized carbons (Fsp3) is 0.320. The number of rotatable bonds is 5. The minimum Gasteiger partial charge on any atom is -0.295 e. The third-order valence-corrected chi connectivity index (χ3v) is 8.21. The van der Waals surface area contributed by atoms with Gasteiger partial charge < -0.3 is 0 Å². The number of hydrogen-bond donors (Lipinski definition) is 0. The molecule has 0 bridgehead atoms. The molecule has 1 unspecified atom stereocenters. The van der Waals surface area contributed by atoms with E-state index in [1.165, 1.54) is 5.56 Å². The predicted molar refractivity (Wildman–Crippen MR) is 119 cm³/mol. The standard InChI is InChI=1S/C25H27NO3S/c1-19(2)21-8-10-24(11-9-21)30(28,29)26-15-13-22-16-23(27)12-14-25(22,18-26)17-20-6-4-3-5-7-20/h3-11,16H,1,12-15,17-18H2,2H3. The van der Waals surface area contributed by atoms with Crippen LogP contribution in [0.3, 0.4) is 0 Å². The van der Waals surface area contributed by atoms with Gasteiger partial charge in [0.2, 0.25) is 10.0 Å². The molecule has 1 fully saturated rings. The van der Waals surface area contributed by atoms with Crippen LogP contribution in [-0.2, 0) is 21.2 Å². The lowest BCUT2D eigenvalue weighted by Crippen LogP contribution is -2.49. The number of hydrogen-bond acceptors (Lipinski definition) is 3. The molecule has 0 spiro atoms. The van der Waals surface area contributed by atoms with E-state index in [1.54, 1.807) is 22.5 Å². The van der Waals surface area contributed by atoms with E-state index in [1.807, 2.05) is 37.3 Å². The predicted octanol–water partition coefficient (Wildman–Crippen LogP) is 4.63. The van der Waals surface area contributed by atoms with Gasteiger partial charge in [-0.2, -0.15) is 4.31 Å². The normalized spacial score (nSPS) is 22.3. The van der Waals surface area contributed by atoms with Crippen LogP contribution in [0.15, 0.2) is 77.7 Å². The summed E-state index contributed by atoms with van der Waals surface area (Å²) in [6.07, 6.45) is 4.28. The molecule has 1 saturated heterocycles. The molecule has 1 heterocycles. The van der Waals surface area contributed by atoms with E-state index in [0.717, 1.165) is 23.1 Å². The fourth-order valence-electron chi connectivity index (χ4n) is 4.63. The zero-order valence-electron chi connectivity index (χ0n) is 17.3. The van der Waals surface area contributed by atoms with Crippen LogP contribution in [0, 0.1) is 5.41 Å². The highest BCUT2D eigenvalue weighted by Crippen LogP contribution is 2.46. The summed E-state index contributed by atoms with van der Waals surface area (Å²) in [5.74, 6) is 0.153. The summed E-state index contributed by atoms with van der Waals surface area (Å²) in [7, 11) is -3.61. The summed E-state index contributed by atoms with van der Waals surface area (Å²) in [6.45, 7) is 6.63. The second-order valence-electron chi connectivity index (χ2n) is 8.47. The van der Waals surface area contributed by atoms with Gasteiger partial charge in [0.25, 0.3) is 0 Å². The Kier molecular flexibility index (Phi) is 5.51. The van der Waals surface area contributed by atoms with Crippen molar-refractivity contribution in [2.75, 3.05) is 13.1 Å². The van der Waals surface area contributed by atoms with Gasteiger partial charge >= 0.3 is 0 Å². The number of sulfonamides is 1. The van der Waals surface area contributed by atoms with Gasteiger partial charge in [0.1, 0.15) is 0 Å². The highest BCUT2D eigenvalue weighted by Gasteiger charge is 2.45. The molecule has 0 aromatic heterocycles. The van der Waals surface area contributed by atoms with E-state index in [4.69, 9.17) is 0 Å². The van der Waals surface area contributed by atoms with Gasteiger partial charge in [0.05, 0.1) is 4.90 Å². The third-order valence-electron chi connectivity index (χ3n) is 6.35. The van der Waals surface area contributed by atoms with Crippen molar-refractivity contribution in [3.8, 4) is 0 Å². The molecule has 0 amide bonds. The van der Waals surface area contributed by atoms with Crippen molar-refractivity contribution in [1.82, 2.24) is 4.31 Å². The number of ketones is 1. The minimum atomic E-state index is -3.61. The van der Waals surface area contributed by atoms with Crippen LogP contribution in [-0.4, -0.2) is 31.6 Å². The van der Waals surface area contributed by atoms with E-state index in [-0.39, 0.29) is 11.2 Å². The lowest BCUT2D eigenvalue weighted by molar-refractivity contribution is -0.116. The summed E-state index contributed by atoms with van der Waals surface area (Å²) in [5, 5.41) is 0. The lowest BCUT2D eigenvalue weighted by Gasteiger charge is -2.46. The van der Waals surface area contributed by atoms with Gasteiger partial charge in [-0.15, -0.1) is 0 Å². The molecule has 156 valence electrons. The zero-order chi connectivity index (χ0) is 21.4. The fourth-order valence-corrected chi connectivity index (χ4v) is 6.16. The molecule has 0 N–H and O–H groups in total. The number of nitrogens with zero attached hydrogens (tertiary/aromatic N) is 1. The van der Waals surface area contributed by atoms with Crippen LogP contribution in [0.25, 0.3) is 5.57 Å². The van der Waals surface area contributed by atoms with Crippen LogP contribution in [0.1, 0.15) is 37.3 Å². The Balaban J connectivity index is 1.67. The van der Waals surface area contributed by atoms with Crippen LogP contribution >= 0.6 is 0 Å². The average molecular weight is 422 g/mol. The lowest BCUT2D eigenvalue weighted by atomic mass is 9.66. The van der Waals surface area contributed by atoms with Crippen LogP contribution in [0.5, 0.6) is 0 Å². The Morgan fingerprint density at radius 1 is 1.07 bits per heavy atom. The quantitative estimate of drug-likeness (QED) is 0.707. The van der Waals surface area contributed by atoms with Crippen molar-refractivity contribution in [3.63, 3.8) is 0 Å². The molecule has 4 rings (SSSR count). The maximum atomic E-state index is 13.4. The molecule has 1 aliphatic carbocycles. The Morgan fingerprint density at radius 3 is 2.43 bits per heavy atom. The Labute approximate surface area is 179 Å². The molecule has 0 saturated carbocycles. The molecule has 5 heteroatoms. The molecule has 2 aromatic rings. The summed E-state index contributed by atoms with van der Waals surface area (Å²) in [6, 6.07) is 17.1. The van der Waals surface area contributed by atoms with Gasteiger partial charge in [0.15, 0.2) is 5.78 Å². The average Bonchev–Trinajstić information content (AvgIpc) is 2.74.